The second kappa shape index (κ2) is 4.61. The normalized spacial score (nSPS) is 13.3. The molecule has 0 aliphatic rings. The summed E-state index contributed by atoms with van der Waals surface area (Å²) in [5.74, 6) is 0. The summed E-state index contributed by atoms with van der Waals surface area (Å²) in [6, 6.07) is 7.56. The molecular formula is C10H14ClNO. The van der Waals surface area contributed by atoms with E-state index in [0.717, 1.165) is 5.56 Å². The fourth-order valence-corrected chi connectivity index (χ4v) is 1.55. The minimum Gasteiger partial charge on any atom is -0.394 e. The Morgan fingerprint density at radius 2 is 2.00 bits per heavy atom. The number of halogens is 1. The van der Waals surface area contributed by atoms with Crippen molar-refractivity contribution in [3.63, 3.8) is 0 Å². The topological polar surface area (TPSA) is 23.5 Å². The van der Waals surface area contributed by atoms with E-state index in [9.17, 15) is 5.11 Å². The molecule has 0 fully saturated rings. The zero-order chi connectivity index (χ0) is 9.84. The van der Waals surface area contributed by atoms with Crippen LogP contribution in [0.3, 0.4) is 0 Å². The molecule has 1 rings (SSSR count). The highest BCUT2D eigenvalue weighted by molar-refractivity contribution is 6.31. The van der Waals surface area contributed by atoms with Crippen molar-refractivity contribution in [1.29, 1.82) is 0 Å². The van der Waals surface area contributed by atoms with E-state index in [4.69, 9.17) is 11.6 Å². The van der Waals surface area contributed by atoms with E-state index < -0.39 is 0 Å². The Hall–Kier alpha value is -0.570. The molecular weight excluding hydrogens is 186 g/mol. The summed E-state index contributed by atoms with van der Waals surface area (Å²) >= 11 is 6.00. The van der Waals surface area contributed by atoms with Gasteiger partial charge in [0, 0.05) is 5.02 Å². The average molecular weight is 200 g/mol. The first-order chi connectivity index (χ1) is 6.16. The molecule has 3 heteroatoms. The fourth-order valence-electron chi connectivity index (χ4n) is 1.29. The monoisotopic (exact) mass is 199 g/mol. The summed E-state index contributed by atoms with van der Waals surface area (Å²) in [4.78, 5) is 1.95. The number of aliphatic hydroxyl groups excluding tert-OH is 1. The van der Waals surface area contributed by atoms with Gasteiger partial charge < -0.3 is 10.0 Å². The highest BCUT2D eigenvalue weighted by atomic mass is 35.5. The Morgan fingerprint density at radius 1 is 1.38 bits per heavy atom. The number of likely N-dealkylation sites (N-methyl/N-ethyl adjacent to an activating group) is 1. The minimum absolute atomic E-state index is 0.0197. The van der Waals surface area contributed by atoms with Gasteiger partial charge in [0.25, 0.3) is 0 Å². The van der Waals surface area contributed by atoms with Crippen LogP contribution in [0.1, 0.15) is 11.6 Å². The molecule has 0 saturated heterocycles. The van der Waals surface area contributed by atoms with Crippen molar-refractivity contribution in [2.24, 2.45) is 0 Å². The van der Waals surface area contributed by atoms with Gasteiger partial charge in [-0.3, -0.25) is 0 Å². The maximum Gasteiger partial charge on any atom is 0.0628 e. The van der Waals surface area contributed by atoms with Crippen LogP contribution in [-0.4, -0.2) is 30.7 Å². The van der Waals surface area contributed by atoms with Crippen molar-refractivity contribution >= 4 is 11.6 Å². The van der Waals surface area contributed by atoms with Crippen molar-refractivity contribution in [3.05, 3.63) is 34.9 Å². The largest absolute Gasteiger partial charge is 0.394 e. The van der Waals surface area contributed by atoms with Gasteiger partial charge in [-0.05, 0) is 25.7 Å². The summed E-state index contributed by atoms with van der Waals surface area (Å²) < 4.78 is 0. The Morgan fingerprint density at radius 3 is 2.46 bits per heavy atom. The van der Waals surface area contributed by atoms with Gasteiger partial charge in [-0.25, -0.2) is 0 Å². The van der Waals surface area contributed by atoms with E-state index in [2.05, 4.69) is 0 Å². The Labute approximate surface area is 83.7 Å². The molecule has 1 atom stereocenters. The van der Waals surface area contributed by atoms with Crippen LogP contribution < -0.4 is 0 Å². The van der Waals surface area contributed by atoms with Crippen LogP contribution in [0.5, 0.6) is 0 Å². The third-order valence-electron chi connectivity index (χ3n) is 2.06. The summed E-state index contributed by atoms with van der Waals surface area (Å²) in [6.45, 7) is 0.0801. The average Bonchev–Trinajstić information content (AvgIpc) is 2.09. The minimum atomic E-state index is -0.0197. The van der Waals surface area contributed by atoms with Gasteiger partial charge in [0.2, 0.25) is 0 Å². The maximum absolute atomic E-state index is 9.17. The first-order valence-corrected chi connectivity index (χ1v) is 4.56. The fraction of sp³-hybridized carbons (Fsp3) is 0.400. The second-order valence-corrected chi connectivity index (χ2v) is 3.59. The molecule has 0 aliphatic heterocycles. The summed E-state index contributed by atoms with van der Waals surface area (Å²) in [6.07, 6.45) is 0. The third kappa shape index (κ3) is 2.44. The molecule has 2 nitrogen and oxygen atoms in total. The molecule has 1 unspecified atom stereocenters. The Bertz CT molecular complexity index is 275. The van der Waals surface area contributed by atoms with E-state index in [0.29, 0.717) is 5.02 Å². The molecule has 0 amide bonds. The van der Waals surface area contributed by atoms with Crippen LogP contribution in [0.2, 0.25) is 5.02 Å². The lowest BCUT2D eigenvalue weighted by molar-refractivity contribution is 0.171. The molecule has 0 spiro atoms. The van der Waals surface area contributed by atoms with Crippen molar-refractivity contribution in [2.75, 3.05) is 20.7 Å². The molecule has 0 radical (unpaired) electrons. The molecule has 13 heavy (non-hydrogen) atoms. The van der Waals surface area contributed by atoms with Crippen LogP contribution in [0.4, 0.5) is 0 Å². The standard InChI is InChI=1S/C10H14ClNO/c1-12(2)10(7-13)8-5-3-4-6-9(8)11/h3-6,10,13H,7H2,1-2H3. The van der Waals surface area contributed by atoms with E-state index in [1.165, 1.54) is 0 Å². The van der Waals surface area contributed by atoms with Crippen molar-refractivity contribution in [1.82, 2.24) is 4.90 Å². The van der Waals surface area contributed by atoms with Gasteiger partial charge in [-0.2, -0.15) is 0 Å². The van der Waals surface area contributed by atoms with Gasteiger partial charge in [0.05, 0.1) is 12.6 Å². The van der Waals surface area contributed by atoms with Gasteiger partial charge in [-0.15, -0.1) is 0 Å². The first-order valence-electron chi connectivity index (χ1n) is 4.18. The SMILES string of the molecule is CN(C)C(CO)c1ccccc1Cl. The van der Waals surface area contributed by atoms with Gasteiger partial charge in [0.15, 0.2) is 0 Å². The van der Waals surface area contributed by atoms with Crippen LogP contribution in [0.15, 0.2) is 24.3 Å². The highest BCUT2D eigenvalue weighted by Crippen LogP contribution is 2.25. The van der Waals surface area contributed by atoms with Gasteiger partial charge >= 0.3 is 0 Å². The third-order valence-corrected chi connectivity index (χ3v) is 2.40. The predicted octanol–water partition coefficient (Wildman–Crippen LogP) is 1.93. The summed E-state index contributed by atoms with van der Waals surface area (Å²) in [5.41, 5.74) is 0.969. The molecule has 72 valence electrons. The number of aliphatic hydroxyl groups is 1. The maximum atomic E-state index is 9.17. The van der Waals surface area contributed by atoms with Gasteiger partial charge in [-0.1, -0.05) is 29.8 Å². The zero-order valence-corrected chi connectivity index (χ0v) is 8.62. The van der Waals surface area contributed by atoms with Crippen molar-refractivity contribution in [3.8, 4) is 0 Å². The van der Waals surface area contributed by atoms with E-state index in [1.54, 1.807) is 0 Å². The Kier molecular flexibility index (Phi) is 3.72. The van der Waals surface area contributed by atoms with E-state index in [-0.39, 0.29) is 12.6 Å². The number of hydrogen-bond donors (Lipinski definition) is 1. The number of nitrogens with zero attached hydrogens (tertiary/aromatic N) is 1. The number of benzene rings is 1. The van der Waals surface area contributed by atoms with Crippen LogP contribution in [0.25, 0.3) is 0 Å². The Balaban J connectivity index is 2.97. The van der Waals surface area contributed by atoms with Crippen LogP contribution in [-0.2, 0) is 0 Å². The zero-order valence-electron chi connectivity index (χ0n) is 7.87. The highest BCUT2D eigenvalue weighted by Gasteiger charge is 2.14. The number of rotatable bonds is 3. The smallest absolute Gasteiger partial charge is 0.0628 e. The number of hydrogen-bond acceptors (Lipinski definition) is 2. The molecule has 1 aromatic carbocycles. The molecule has 0 bridgehead atoms. The molecule has 0 aliphatic carbocycles. The molecule has 1 N–H and O–H groups in total. The molecule has 0 heterocycles. The lowest BCUT2D eigenvalue weighted by atomic mass is 10.1. The van der Waals surface area contributed by atoms with Crippen molar-refractivity contribution in [2.45, 2.75) is 6.04 Å². The van der Waals surface area contributed by atoms with E-state index >= 15 is 0 Å². The molecule has 1 aromatic rings. The summed E-state index contributed by atoms with van der Waals surface area (Å²) in [7, 11) is 3.84. The molecule has 0 saturated carbocycles. The lowest BCUT2D eigenvalue weighted by Crippen LogP contribution is -2.23. The van der Waals surface area contributed by atoms with Gasteiger partial charge in [0.1, 0.15) is 0 Å². The van der Waals surface area contributed by atoms with E-state index in [1.807, 2.05) is 43.3 Å². The first kappa shape index (κ1) is 10.5. The van der Waals surface area contributed by atoms with Crippen LogP contribution >= 0.6 is 11.6 Å². The van der Waals surface area contributed by atoms with Crippen LogP contribution in [0, 0.1) is 0 Å². The quantitative estimate of drug-likeness (QED) is 0.805. The second-order valence-electron chi connectivity index (χ2n) is 3.18. The molecule has 0 aromatic heterocycles. The predicted molar refractivity (Wildman–Crippen MR) is 55.0 cm³/mol. The van der Waals surface area contributed by atoms with Crippen molar-refractivity contribution < 1.29 is 5.11 Å². The summed E-state index contributed by atoms with van der Waals surface area (Å²) in [5, 5.41) is 9.88. The lowest BCUT2D eigenvalue weighted by Gasteiger charge is -2.23.